The van der Waals surface area contributed by atoms with Crippen LogP contribution >= 0.6 is 0 Å². The molecular formula is C18H18N2O6. The third-order valence-corrected chi connectivity index (χ3v) is 4.93. The van der Waals surface area contributed by atoms with Gasteiger partial charge >= 0.3 is 5.97 Å². The van der Waals surface area contributed by atoms with E-state index in [1.807, 2.05) is 0 Å². The van der Waals surface area contributed by atoms with Crippen molar-refractivity contribution in [3.63, 3.8) is 0 Å². The highest BCUT2D eigenvalue weighted by Crippen LogP contribution is 2.42. The number of carbonyl (C=O) groups is 3. The van der Waals surface area contributed by atoms with Crippen LogP contribution in [0.1, 0.15) is 31.2 Å². The molecule has 0 aromatic heterocycles. The van der Waals surface area contributed by atoms with Crippen LogP contribution in [0.15, 0.2) is 35.5 Å². The summed E-state index contributed by atoms with van der Waals surface area (Å²) in [5, 5.41) is 13.8. The summed E-state index contributed by atoms with van der Waals surface area (Å²) in [6, 6.07) is 5.89. The number of hydrogen-bond donors (Lipinski definition) is 1. The standard InChI is InChI=1S/C18H18N2O6/c1-9-6-13-16(17(22)15(9)18(23)26-2)12(8-14(21)19-13)10-4-3-5-11(7-10)20(24)25/h3-5,7,9,12,15H,6,8H2,1-2H3,(H,19,21). The van der Waals surface area contributed by atoms with Crippen molar-refractivity contribution in [3.05, 3.63) is 51.2 Å². The molecule has 1 aliphatic carbocycles. The highest BCUT2D eigenvalue weighted by atomic mass is 16.6. The maximum Gasteiger partial charge on any atom is 0.316 e. The Morgan fingerprint density at radius 1 is 1.31 bits per heavy atom. The van der Waals surface area contributed by atoms with Crippen LogP contribution in [0.4, 0.5) is 5.69 Å². The van der Waals surface area contributed by atoms with E-state index in [4.69, 9.17) is 4.74 Å². The van der Waals surface area contributed by atoms with E-state index in [1.165, 1.54) is 25.3 Å². The molecule has 8 nitrogen and oxygen atoms in total. The molecule has 3 unspecified atom stereocenters. The second-order valence-electron chi connectivity index (χ2n) is 6.60. The van der Waals surface area contributed by atoms with Crippen LogP contribution in [0.2, 0.25) is 0 Å². The average Bonchev–Trinajstić information content (AvgIpc) is 2.60. The van der Waals surface area contributed by atoms with Gasteiger partial charge in [0.05, 0.1) is 12.0 Å². The van der Waals surface area contributed by atoms with Gasteiger partial charge in [-0.2, -0.15) is 0 Å². The summed E-state index contributed by atoms with van der Waals surface area (Å²) in [4.78, 5) is 47.8. The Labute approximate surface area is 149 Å². The Morgan fingerprint density at radius 2 is 2.04 bits per heavy atom. The number of nitrogens with zero attached hydrogens (tertiary/aromatic N) is 1. The lowest BCUT2D eigenvalue weighted by Gasteiger charge is -2.36. The van der Waals surface area contributed by atoms with Crippen molar-refractivity contribution in [2.75, 3.05) is 7.11 Å². The summed E-state index contributed by atoms with van der Waals surface area (Å²) < 4.78 is 4.76. The van der Waals surface area contributed by atoms with Crippen molar-refractivity contribution in [1.82, 2.24) is 5.32 Å². The average molecular weight is 358 g/mol. The summed E-state index contributed by atoms with van der Waals surface area (Å²) in [6.07, 6.45) is 0.353. The molecule has 1 aromatic carbocycles. The molecule has 1 amide bonds. The van der Waals surface area contributed by atoms with E-state index in [1.54, 1.807) is 13.0 Å². The SMILES string of the molecule is COC(=O)C1C(=O)C2=C(CC1C)NC(=O)CC2c1cccc([N+](=O)[O-])c1. The van der Waals surface area contributed by atoms with Crippen molar-refractivity contribution < 1.29 is 24.0 Å². The molecule has 1 N–H and O–H groups in total. The van der Waals surface area contributed by atoms with E-state index in [-0.39, 0.29) is 29.7 Å². The third-order valence-electron chi connectivity index (χ3n) is 4.93. The number of Topliss-reactive ketones (excluding diaryl/α,β-unsaturated/α-hetero) is 1. The first-order valence-electron chi connectivity index (χ1n) is 8.22. The zero-order valence-electron chi connectivity index (χ0n) is 14.4. The molecule has 0 saturated carbocycles. The first kappa shape index (κ1) is 17.8. The van der Waals surface area contributed by atoms with E-state index in [0.717, 1.165) is 0 Å². The first-order chi connectivity index (χ1) is 12.3. The van der Waals surface area contributed by atoms with E-state index in [9.17, 15) is 24.5 Å². The van der Waals surface area contributed by atoms with Crippen molar-refractivity contribution in [3.8, 4) is 0 Å². The summed E-state index contributed by atoms with van der Waals surface area (Å²) in [5.74, 6) is -3.11. The molecule has 0 fully saturated rings. The highest BCUT2D eigenvalue weighted by molar-refractivity contribution is 6.11. The number of allylic oxidation sites excluding steroid dienone is 2. The van der Waals surface area contributed by atoms with Gasteiger partial charge in [0.2, 0.25) is 5.91 Å². The Hall–Kier alpha value is -3.03. The van der Waals surface area contributed by atoms with Gasteiger partial charge in [-0.1, -0.05) is 19.1 Å². The predicted octanol–water partition coefficient (Wildman–Crippen LogP) is 1.85. The van der Waals surface area contributed by atoms with Gasteiger partial charge in [0.25, 0.3) is 5.69 Å². The van der Waals surface area contributed by atoms with Crippen molar-refractivity contribution in [2.24, 2.45) is 11.8 Å². The van der Waals surface area contributed by atoms with Crippen LogP contribution in [0.5, 0.6) is 0 Å². The lowest BCUT2D eigenvalue weighted by molar-refractivity contribution is -0.384. The fourth-order valence-electron chi connectivity index (χ4n) is 3.74. The lowest BCUT2D eigenvalue weighted by Crippen LogP contribution is -2.44. The molecule has 3 atom stereocenters. The molecule has 136 valence electrons. The highest BCUT2D eigenvalue weighted by Gasteiger charge is 2.45. The summed E-state index contributed by atoms with van der Waals surface area (Å²) in [5.41, 5.74) is 1.24. The first-order valence-corrected chi connectivity index (χ1v) is 8.22. The number of ketones is 1. The van der Waals surface area contributed by atoms with E-state index >= 15 is 0 Å². The predicted molar refractivity (Wildman–Crippen MR) is 89.9 cm³/mol. The van der Waals surface area contributed by atoms with Gasteiger partial charge in [-0.3, -0.25) is 24.5 Å². The molecule has 0 spiro atoms. The molecule has 0 radical (unpaired) electrons. The minimum Gasteiger partial charge on any atom is -0.468 e. The number of benzene rings is 1. The minimum absolute atomic E-state index is 0.00594. The van der Waals surface area contributed by atoms with Gasteiger partial charge in [0.15, 0.2) is 5.78 Å². The molecule has 0 bridgehead atoms. The van der Waals surface area contributed by atoms with Gasteiger partial charge in [0.1, 0.15) is 5.92 Å². The van der Waals surface area contributed by atoms with Gasteiger partial charge in [-0.25, -0.2) is 0 Å². The van der Waals surface area contributed by atoms with Crippen LogP contribution in [-0.4, -0.2) is 29.7 Å². The van der Waals surface area contributed by atoms with Gasteiger partial charge in [-0.05, 0) is 17.9 Å². The fourth-order valence-corrected chi connectivity index (χ4v) is 3.74. The molecule has 3 rings (SSSR count). The van der Waals surface area contributed by atoms with Crippen LogP contribution in [0.3, 0.4) is 0 Å². The van der Waals surface area contributed by atoms with Crippen molar-refractivity contribution in [2.45, 2.75) is 25.7 Å². The molecular weight excluding hydrogens is 340 g/mol. The van der Waals surface area contributed by atoms with Gasteiger partial charge < -0.3 is 10.1 Å². The Balaban J connectivity index is 2.09. The zero-order valence-corrected chi connectivity index (χ0v) is 14.4. The number of carbonyl (C=O) groups excluding carboxylic acids is 3. The quantitative estimate of drug-likeness (QED) is 0.381. The third kappa shape index (κ3) is 2.98. The van der Waals surface area contributed by atoms with Crippen LogP contribution in [0.25, 0.3) is 0 Å². The van der Waals surface area contributed by atoms with Crippen LogP contribution < -0.4 is 5.32 Å². The second-order valence-corrected chi connectivity index (χ2v) is 6.60. The maximum absolute atomic E-state index is 13.0. The van der Waals surface area contributed by atoms with Crippen molar-refractivity contribution in [1.29, 1.82) is 0 Å². The fraction of sp³-hybridized carbons (Fsp3) is 0.389. The molecule has 1 heterocycles. The zero-order chi connectivity index (χ0) is 19.0. The number of hydrogen-bond acceptors (Lipinski definition) is 6. The molecule has 2 aliphatic rings. The number of amides is 1. The molecule has 1 aromatic rings. The smallest absolute Gasteiger partial charge is 0.316 e. The number of non-ortho nitro benzene ring substituents is 1. The summed E-state index contributed by atoms with van der Waals surface area (Å²) in [7, 11) is 1.23. The van der Waals surface area contributed by atoms with Crippen molar-refractivity contribution >= 4 is 23.3 Å². The summed E-state index contributed by atoms with van der Waals surface area (Å²) >= 11 is 0. The Kier molecular flexibility index (Phi) is 4.58. The number of esters is 1. The number of nitro benzene ring substituents is 1. The second kappa shape index (κ2) is 6.70. The molecule has 26 heavy (non-hydrogen) atoms. The Morgan fingerprint density at radius 3 is 2.69 bits per heavy atom. The number of nitrogens with one attached hydrogen (secondary N) is 1. The topological polar surface area (TPSA) is 116 Å². The minimum atomic E-state index is -0.935. The number of rotatable bonds is 3. The Bertz CT molecular complexity index is 844. The summed E-state index contributed by atoms with van der Waals surface area (Å²) in [6.45, 7) is 1.76. The van der Waals surface area contributed by atoms with E-state index < -0.39 is 22.7 Å². The normalized spacial score (nSPS) is 25.4. The largest absolute Gasteiger partial charge is 0.468 e. The van der Waals surface area contributed by atoms with Gasteiger partial charge in [-0.15, -0.1) is 0 Å². The molecule has 8 heteroatoms. The maximum atomic E-state index is 13.0. The van der Waals surface area contributed by atoms with Crippen LogP contribution in [-0.2, 0) is 19.1 Å². The van der Waals surface area contributed by atoms with E-state index in [0.29, 0.717) is 23.3 Å². The van der Waals surface area contributed by atoms with E-state index in [2.05, 4.69) is 5.32 Å². The molecule has 1 aliphatic heterocycles. The monoisotopic (exact) mass is 358 g/mol. The number of methoxy groups -OCH3 is 1. The van der Waals surface area contributed by atoms with Gasteiger partial charge in [0, 0.05) is 35.7 Å². The number of nitro groups is 1. The van der Waals surface area contributed by atoms with Crippen LogP contribution in [0, 0.1) is 22.0 Å². The number of ether oxygens (including phenoxy) is 1. The molecule has 0 saturated heterocycles. The lowest BCUT2D eigenvalue weighted by atomic mass is 9.70.